The molecule has 5 nitrogen and oxygen atoms in total. The maximum Gasteiger partial charge on any atom is 0.264 e. The van der Waals surface area contributed by atoms with Crippen LogP contribution in [0.4, 0.5) is 5.82 Å². The van der Waals surface area contributed by atoms with E-state index < -0.39 is 16.6 Å². The van der Waals surface area contributed by atoms with Crippen LogP contribution < -0.4 is 4.72 Å². The van der Waals surface area contributed by atoms with Crippen LogP contribution in [0.5, 0.6) is 0 Å². The summed E-state index contributed by atoms with van der Waals surface area (Å²) in [5.74, 6) is 0.148. The lowest BCUT2D eigenvalue weighted by atomic mass is 10.2. The lowest BCUT2D eigenvalue weighted by Gasteiger charge is -2.12. The van der Waals surface area contributed by atoms with Crippen molar-refractivity contribution in [3.63, 3.8) is 0 Å². The van der Waals surface area contributed by atoms with Gasteiger partial charge < -0.3 is 5.11 Å². The number of hydrogen-bond donors (Lipinski definition) is 2. The molecular formula is C12H9BrCl2N2O3S. The minimum Gasteiger partial charge on any atom is -0.392 e. The molecule has 0 amide bonds. The number of rotatable bonds is 4. The first-order chi connectivity index (χ1) is 9.85. The number of halogens is 3. The Morgan fingerprint density at radius 1 is 1.24 bits per heavy atom. The molecule has 0 saturated carbocycles. The van der Waals surface area contributed by atoms with Crippen molar-refractivity contribution in [3.8, 4) is 0 Å². The van der Waals surface area contributed by atoms with Gasteiger partial charge in [0.15, 0.2) is 0 Å². The zero-order valence-electron chi connectivity index (χ0n) is 10.3. The highest BCUT2D eigenvalue weighted by Gasteiger charge is 2.22. The van der Waals surface area contributed by atoms with Crippen molar-refractivity contribution in [1.29, 1.82) is 0 Å². The third kappa shape index (κ3) is 3.67. The van der Waals surface area contributed by atoms with E-state index in [-0.39, 0.29) is 26.3 Å². The summed E-state index contributed by atoms with van der Waals surface area (Å²) in [5.41, 5.74) is 0.157. The van der Waals surface area contributed by atoms with Gasteiger partial charge in [0.1, 0.15) is 10.7 Å². The minimum absolute atomic E-state index is 0.116. The lowest BCUT2D eigenvalue weighted by Crippen LogP contribution is -2.15. The van der Waals surface area contributed by atoms with Crippen LogP contribution in [0.1, 0.15) is 5.56 Å². The molecule has 21 heavy (non-hydrogen) atoms. The topological polar surface area (TPSA) is 79.3 Å². The van der Waals surface area contributed by atoms with Gasteiger partial charge in [-0.05, 0) is 40.2 Å². The third-order valence-corrected chi connectivity index (χ3v) is 5.33. The molecule has 0 unspecified atom stereocenters. The molecule has 0 atom stereocenters. The number of aromatic nitrogens is 1. The van der Waals surface area contributed by atoms with Crippen LogP contribution in [-0.4, -0.2) is 18.5 Å². The van der Waals surface area contributed by atoms with E-state index in [0.29, 0.717) is 0 Å². The Bertz CT molecular complexity index is 767. The second kappa shape index (κ2) is 6.50. The molecule has 0 saturated heterocycles. The summed E-state index contributed by atoms with van der Waals surface area (Å²) in [6.45, 7) is -0.461. The highest BCUT2D eigenvalue weighted by molar-refractivity contribution is 9.10. The molecule has 0 fully saturated rings. The number of benzene rings is 1. The van der Waals surface area contributed by atoms with Gasteiger partial charge in [-0.2, -0.15) is 0 Å². The molecule has 2 rings (SSSR count). The fourth-order valence-electron chi connectivity index (χ4n) is 1.56. The maximum atomic E-state index is 12.3. The molecule has 1 aromatic heterocycles. The number of aliphatic hydroxyl groups excluding tert-OH is 1. The first-order valence-corrected chi connectivity index (χ1v) is 8.60. The lowest BCUT2D eigenvalue weighted by molar-refractivity contribution is 0.282. The monoisotopic (exact) mass is 410 g/mol. The molecule has 1 aromatic carbocycles. The molecule has 9 heteroatoms. The normalized spacial score (nSPS) is 11.4. The van der Waals surface area contributed by atoms with E-state index >= 15 is 0 Å². The van der Waals surface area contributed by atoms with Gasteiger partial charge in [-0.3, -0.25) is 4.72 Å². The summed E-state index contributed by atoms with van der Waals surface area (Å²) in [4.78, 5) is 3.74. The van der Waals surface area contributed by atoms with Gasteiger partial charge >= 0.3 is 0 Å². The minimum atomic E-state index is -3.94. The predicted octanol–water partition coefficient (Wildman–Crippen LogP) is 3.44. The Morgan fingerprint density at radius 3 is 2.52 bits per heavy atom. The zero-order chi connectivity index (χ0) is 15.6. The van der Waals surface area contributed by atoms with E-state index in [9.17, 15) is 13.5 Å². The van der Waals surface area contributed by atoms with Gasteiger partial charge in [0, 0.05) is 21.3 Å². The van der Waals surface area contributed by atoms with Crippen molar-refractivity contribution < 1.29 is 13.5 Å². The number of sulfonamides is 1. The fourth-order valence-corrected chi connectivity index (χ4v) is 3.70. The van der Waals surface area contributed by atoms with E-state index in [1.54, 1.807) is 6.07 Å². The fraction of sp³-hybridized carbons (Fsp3) is 0.0833. The Morgan fingerprint density at radius 2 is 1.95 bits per heavy atom. The predicted molar refractivity (Wildman–Crippen MR) is 85.1 cm³/mol. The number of pyridine rings is 1. The quantitative estimate of drug-likeness (QED) is 0.807. The van der Waals surface area contributed by atoms with Crippen molar-refractivity contribution in [1.82, 2.24) is 4.98 Å². The summed E-state index contributed by atoms with van der Waals surface area (Å²) >= 11 is 15.1. The van der Waals surface area contributed by atoms with Gasteiger partial charge in [-0.25, -0.2) is 13.4 Å². The largest absolute Gasteiger partial charge is 0.392 e. The second-order valence-electron chi connectivity index (χ2n) is 3.96. The van der Waals surface area contributed by atoms with E-state index in [4.69, 9.17) is 23.2 Å². The van der Waals surface area contributed by atoms with E-state index in [1.807, 2.05) is 0 Å². The van der Waals surface area contributed by atoms with Crippen LogP contribution in [0.25, 0.3) is 0 Å². The van der Waals surface area contributed by atoms with Crippen molar-refractivity contribution in [2.24, 2.45) is 0 Å². The van der Waals surface area contributed by atoms with E-state index in [2.05, 4.69) is 25.6 Å². The first-order valence-electron chi connectivity index (χ1n) is 5.57. The van der Waals surface area contributed by atoms with Gasteiger partial charge in [-0.15, -0.1) is 0 Å². The standard InChI is InChI=1S/C12H9BrCl2N2O3S/c13-7-1-4-11(16-5-7)17-21(19,20)10-3-2-9(14)8(6-18)12(10)15/h1-5,18H,6H2,(H,16,17). The van der Waals surface area contributed by atoms with Gasteiger partial charge in [0.25, 0.3) is 10.0 Å². The van der Waals surface area contributed by atoms with Gasteiger partial charge in [0.05, 0.1) is 11.6 Å². The molecule has 0 aliphatic carbocycles. The first kappa shape index (κ1) is 16.5. The van der Waals surface area contributed by atoms with Crippen LogP contribution in [0, 0.1) is 0 Å². The van der Waals surface area contributed by atoms with Crippen molar-refractivity contribution in [2.75, 3.05) is 4.72 Å². The number of nitrogens with zero attached hydrogens (tertiary/aromatic N) is 1. The van der Waals surface area contributed by atoms with E-state index in [0.717, 1.165) is 4.47 Å². The summed E-state index contributed by atoms with van der Waals surface area (Å²) in [6.07, 6.45) is 1.46. The highest BCUT2D eigenvalue weighted by Crippen LogP contribution is 2.31. The molecule has 1 heterocycles. The average molecular weight is 412 g/mol. The molecule has 2 aromatic rings. The molecule has 2 N–H and O–H groups in total. The molecule has 0 aliphatic rings. The molecule has 0 spiro atoms. The maximum absolute atomic E-state index is 12.3. The Hall–Kier alpha value is -0.860. The number of aliphatic hydroxyl groups is 1. The van der Waals surface area contributed by atoms with Crippen molar-refractivity contribution in [3.05, 3.63) is 50.5 Å². The number of hydrogen-bond acceptors (Lipinski definition) is 4. The SMILES string of the molecule is O=S(=O)(Nc1ccc(Br)cn1)c1ccc(Cl)c(CO)c1Cl. The molecule has 0 radical (unpaired) electrons. The average Bonchev–Trinajstić information content (AvgIpc) is 2.41. The van der Waals surface area contributed by atoms with Gasteiger partial charge in [0.2, 0.25) is 0 Å². The second-order valence-corrected chi connectivity index (χ2v) is 7.31. The van der Waals surface area contributed by atoms with Crippen LogP contribution in [0.15, 0.2) is 39.8 Å². The highest BCUT2D eigenvalue weighted by atomic mass is 79.9. The van der Waals surface area contributed by atoms with Crippen molar-refractivity contribution >= 4 is 55.0 Å². The Kier molecular flexibility index (Phi) is 5.11. The smallest absolute Gasteiger partial charge is 0.264 e. The number of nitrogens with one attached hydrogen (secondary N) is 1. The number of anilines is 1. The summed E-state index contributed by atoms with van der Waals surface area (Å²) in [7, 11) is -3.94. The van der Waals surface area contributed by atoms with E-state index in [1.165, 1.54) is 24.4 Å². The van der Waals surface area contributed by atoms with Crippen LogP contribution >= 0.6 is 39.1 Å². The summed E-state index contributed by atoms with van der Waals surface area (Å²) in [5, 5.41) is 9.29. The van der Waals surface area contributed by atoms with Gasteiger partial charge in [-0.1, -0.05) is 23.2 Å². The Balaban J connectivity index is 2.42. The third-order valence-electron chi connectivity index (χ3n) is 2.56. The summed E-state index contributed by atoms with van der Waals surface area (Å²) < 4.78 is 27.7. The molecular weight excluding hydrogens is 403 g/mol. The van der Waals surface area contributed by atoms with Crippen LogP contribution in [-0.2, 0) is 16.6 Å². The molecule has 0 aliphatic heterocycles. The van der Waals surface area contributed by atoms with Crippen LogP contribution in [0.2, 0.25) is 10.0 Å². The Labute approximate surface area is 140 Å². The summed E-state index contributed by atoms with van der Waals surface area (Å²) in [6, 6.07) is 5.78. The molecule has 0 bridgehead atoms. The van der Waals surface area contributed by atoms with Crippen LogP contribution in [0.3, 0.4) is 0 Å². The van der Waals surface area contributed by atoms with Crippen molar-refractivity contribution in [2.45, 2.75) is 11.5 Å². The molecule has 112 valence electrons. The zero-order valence-corrected chi connectivity index (χ0v) is 14.3.